The van der Waals surface area contributed by atoms with Crippen molar-refractivity contribution < 1.29 is 23.5 Å². The second-order valence-electron chi connectivity index (χ2n) is 3.36. The molecule has 0 saturated carbocycles. The van der Waals surface area contributed by atoms with E-state index in [-0.39, 0.29) is 5.69 Å². The van der Waals surface area contributed by atoms with Crippen molar-refractivity contribution in [1.82, 2.24) is 8.75 Å². The second kappa shape index (κ2) is 5.06. The van der Waals surface area contributed by atoms with E-state index in [1.807, 2.05) is 0 Å². The lowest BCUT2D eigenvalue weighted by atomic mass is 10.1. The minimum atomic E-state index is -1.57. The van der Waals surface area contributed by atoms with Gasteiger partial charge in [-0.15, -0.1) is 0 Å². The Hall–Kier alpha value is -2.42. The van der Waals surface area contributed by atoms with E-state index in [1.165, 1.54) is 6.20 Å². The Morgan fingerprint density at radius 1 is 1.26 bits per heavy atom. The van der Waals surface area contributed by atoms with Gasteiger partial charge in [-0.05, 0) is 6.07 Å². The van der Waals surface area contributed by atoms with Crippen molar-refractivity contribution in [3.63, 3.8) is 0 Å². The summed E-state index contributed by atoms with van der Waals surface area (Å²) in [6.07, 6.45) is 1.17. The van der Waals surface area contributed by atoms with E-state index in [1.54, 1.807) is 0 Å². The molecule has 9 heteroatoms. The van der Waals surface area contributed by atoms with Gasteiger partial charge >= 0.3 is 5.97 Å². The number of halogens is 2. The Bertz CT molecular complexity index is 646. The van der Waals surface area contributed by atoms with Crippen LogP contribution in [0, 0.1) is 11.6 Å². The largest absolute Gasteiger partial charge is 0.478 e. The van der Waals surface area contributed by atoms with Gasteiger partial charge in [0.15, 0.2) is 5.69 Å². The molecular weight excluding hydrogens is 280 g/mol. The van der Waals surface area contributed by atoms with E-state index in [0.29, 0.717) is 12.1 Å². The minimum absolute atomic E-state index is 0.0504. The Morgan fingerprint density at radius 3 is 2.58 bits per heavy atom. The average Bonchev–Trinajstić information content (AvgIpc) is 2.85. The fourth-order valence-corrected chi connectivity index (χ4v) is 1.67. The average molecular weight is 285 g/mol. The molecule has 19 heavy (non-hydrogen) atoms. The normalized spacial score (nSPS) is 10.2. The van der Waals surface area contributed by atoms with E-state index in [2.05, 4.69) is 14.1 Å². The first-order valence-electron chi connectivity index (χ1n) is 4.80. The molecule has 0 fully saturated rings. The Balaban J connectivity index is 2.32. The Kier molecular flexibility index (Phi) is 3.47. The maximum Gasteiger partial charge on any atom is 0.338 e. The fraction of sp³-hybridized carbons (Fsp3) is 0. The van der Waals surface area contributed by atoms with Crippen molar-refractivity contribution in [3.8, 4) is 0 Å². The zero-order valence-electron chi connectivity index (χ0n) is 9.05. The molecule has 1 aromatic carbocycles. The number of benzene rings is 1. The lowest BCUT2D eigenvalue weighted by Gasteiger charge is -2.06. The molecular formula is C10H5F2N3O3S. The number of carboxylic acids is 1. The van der Waals surface area contributed by atoms with Gasteiger partial charge in [0.25, 0.3) is 5.91 Å². The van der Waals surface area contributed by atoms with Crippen LogP contribution in [-0.4, -0.2) is 25.7 Å². The van der Waals surface area contributed by atoms with E-state index in [4.69, 9.17) is 5.11 Å². The number of rotatable bonds is 3. The third-order valence-corrected chi connectivity index (χ3v) is 2.61. The summed E-state index contributed by atoms with van der Waals surface area (Å²) in [4.78, 5) is 22.3. The molecule has 0 aliphatic carbocycles. The summed E-state index contributed by atoms with van der Waals surface area (Å²) < 4.78 is 33.8. The van der Waals surface area contributed by atoms with Gasteiger partial charge in [-0.25, -0.2) is 13.6 Å². The highest BCUT2D eigenvalue weighted by Crippen LogP contribution is 2.20. The van der Waals surface area contributed by atoms with Gasteiger partial charge < -0.3 is 10.4 Å². The number of hydrogen-bond acceptors (Lipinski definition) is 5. The number of hydrogen-bond donors (Lipinski definition) is 2. The Labute approximate surface area is 109 Å². The third-order valence-electron chi connectivity index (χ3n) is 2.13. The summed E-state index contributed by atoms with van der Waals surface area (Å²) in [6.45, 7) is 0. The third kappa shape index (κ3) is 2.71. The number of amides is 1. The molecule has 98 valence electrons. The van der Waals surface area contributed by atoms with Gasteiger partial charge in [-0.2, -0.15) is 8.75 Å². The number of carbonyl (C=O) groups is 2. The van der Waals surface area contributed by atoms with Crippen LogP contribution < -0.4 is 5.32 Å². The van der Waals surface area contributed by atoms with E-state index >= 15 is 0 Å². The first kappa shape index (κ1) is 13.0. The Morgan fingerprint density at radius 2 is 2.00 bits per heavy atom. The quantitative estimate of drug-likeness (QED) is 0.896. The summed E-state index contributed by atoms with van der Waals surface area (Å²) >= 11 is 0.784. The highest BCUT2D eigenvalue weighted by Gasteiger charge is 2.18. The predicted molar refractivity (Wildman–Crippen MR) is 61.2 cm³/mol. The standard InChI is InChI=1S/C10H5F2N3O3S/c11-5-2-6(12)7(1-4(5)10(17)18)14-9(16)8-3-13-19-15-8/h1-3H,(H,14,16)(H,17,18). The second-order valence-corrected chi connectivity index (χ2v) is 3.92. The zero-order chi connectivity index (χ0) is 14.0. The molecule has 1 aromatic heterocycles. The van der Waals surface area contributed by atoms with E-state index in [9.17, 15) is 18.4 Å². The van der Waals surface area contributed by atoms with Gasteiger partial charge in [-0.1, -0.05) is 0 Å². The smallest absolute Gasteiger partial charge is 0.338 e. The zero-order valence-corrected chi connectivity index (χ0v) is 9.87. The van der Waals surface area contributed by atoms with Crippen molar-refractivity contribution in [2.75, 3.05) is 5.32 Å². The maximum atomic E-state index is 13.4. The van der Waals surface area contributed by atoms with Crippen molar-refractivity contribution in [1.29, 1.82) is 0 Å². The van der Waals surface area contributed by atoms with Crippen molar-refractivity contribution >= 4 is 29.3 Å². The van der Waals surface area contributed by atoms with E-state index < -0.39 is 34.8 Å². The monoisotopic (exact) mass is 285 g/mol. The summed E-state index contributed by atoms with van der Waals surface area (Å²) in [5, 5.41) is 10.8. The summed E-state index contributed by atoms with van der Waals surface area (Å²) in [5.74, 6) is -4.64. The van der Waals surface area contributed by atoms with Gasteiger partial charge in [0.05, 0.1) is 29.2 Å². The number of aromatic nitrogens is 2. The van der Waals surface area contributed by atoms with Crippen molar-refractivity contribution in [2.24, 2.45) is 0 Å². The lowest BCUT2D eigenvalue weighted by Crippen LogP contribution is -2.14. The molecule has 6 nitrogen and oxygen atoms in total. The molecule has 2 N–H and O–H groups in total. The van der Waals surface area contributed by atoms with Crippen LogP contribution in [0.5, 0.6) is 0 Å². The molecule has 0 spiro atoms. The molecule has 0 saturated heterocycles. The van der Waals surface area contributed by atoms with Gasteiger partial charge in [0.2, 0.25) is 0 Å². The van der Waals surface area contributed by atoms with Gasteiger partial charge in [-0.3, -0.25) is 4.79 Å². The number of aromatic carboxylic acids is 1. The van der Waals surface area contributed by atoms with Crippen LogP contribution >= 0.6 is 11.7 Å². The highest BCUT2D eigenvalue weighted by atomic mass is 32.1. The van der Waals surface area contributed by atoms with Crippen LogP contribution in [0.2, 0.25) is 0 Å². The van der Waals surface area contributed by atoms with Crippen LogP contribution in [0.15, 0.2) is 18.3 Å². The van der Waals surface area contributed by atoms with Gasteiger partial charge in [0.1, 0.15) is 11.6 Å². The lowest BCUT2D eigenvalue weighted by molar-refractivity contribution is 0.0691. The molecule has 2 aromatic rings. The van der Waals surface area contributed by atoms with Gasteiger partial charge in [0, 0.05) is 6.07 Å². The molecule has 0 atom stereocenters. The van der Waals surface area contributed by atoms with Crippen LogP contribution in [-0.2, 0) is 0 Å². The van der Waals surface area contributed by atoms with E-state index in [0.717, 1.165) is 11.7 Å². The summed E-state index contributed by atoms with van der Waals surface area (Å²) in [7, 11) is 0. The molecule has 0 aliphatic heterocycles. The van der Waals surface area contributed by atoms with Crippen LogP contribution in [0.25, 0.3) is 0 Å². The van der Waals surface area contributed by atoms with Crippen molar-refractivity contribution in [3.05, 3.63) is 41.2 Å². The number of nitrogens with zero attached hydrogens (tertiary/aromatic N) is 2. The van der Waals surface area contributed by atoms with Crippen LogP contribution in [0.3, 0.4) is 0 Å². The summed E-state index contributed by atoms with van der Waals surface area (Å²) in [6, 6.07) is 1.09. The molecule has 2 rings (SSSR count). The molecule has 0 unspecified atom stereocenters. The first-order valence-corrected chi connectivity index (χ1v) is 5.53. The molecule has 0 aliphatic rings. The number of carbonyl (C=O) groups excluding carboxylic acids is 1. The number of carboxylic acid groups (broad SMARTS) is 1. The molecule has 0 radical (unpaired) electrons. The first-order chi connectivity index (χ1) is 8.99. The topological polar surface area (TPSA) is 92.2 Å². The molecule has 0 bridgehead atoms. The summed E-state index contributed by atoms with van der Waals surface area (Å²) in [5.41, 5.74) is -1.24. The predicted octanol–water partition coefficient (Wildman–Crippen LogP) is 1.77. The molecule has 1 amide bonds. The van der Waals surface area contributed by atoms with Crippen LogP contribution in [0.1, 0.15) is 20.8 Å². The minimum Gasteiger partial charge on any atom is -0.478 e. The number of nitrogens with one attached hydrogen (secondary N) is 1. The highest BCUT2D eigenvalue weighted by molar-refractivity contribution is 6.99. The van der Waals surface area contributed by atoms with Crippen LogP contribution in [0.4, 0.5) is 14.5 Å². The fourth-order valence-electron chi connectivity index (χ4n) is 1.26. The maximum absolute atomic E-state index is 13.4. The van der Waals surface area contributed by atoms with Crippen molar-refractivity contribution in [2.45, 2.75) is 0 Å². The molecule has 1 heterocycles. The number of anilines is 1. The SMILES string of the molecule is O=C(Nc1cc(C(=O)O)c(F)cc1F)c1cnsn1.